The molecule has 2 aromatic carbocycles. The Balaban J connectivity index is 1.55. The molecule has 33 heavy (non-hydrogen) atoms. The van der Waals surface area contributed by atoms with Crippen molar-refractivity contribution in [2.24, 2.45) is 0 Å². The zero-order chi connectivity index (χ0) is 23.5. The summed E-state index contributed by atoms with van der Waals surface area (Å²) in [4.78, 5) is 14.9. The second-order valence-corrected chi connectivity index (χ2v) is 9.31. The third-order valence-corrected chi connectivity index (χ3v) is 7.16. The maximum atomic E-state index is 12.7. The molecular formula is C27H32N2O4. The maximum absolute atomic E-state index is 12.7. The van der Waals surface area contributed by atoms with E-state index in [1.54, 1.807) is 36.4 Å². The second kappa shape index (κ2) is 9.41. The minimum atomic E-state index is -0.958. The van der Waals surface area contributed by atoms with E-state index in [1.165, 1.54) is 6.08 Å². The van der Waals surface area contributed by atoms with Gasteiger partial charge in [-0.1, -0.05) is 30.3 Å². The van der Waals surface area contributed by atoms with Crippen molar-refractivity contribution in [3.63, 3.8) is 0 Å². The molecule has 0 bridgehead atoms. The standard InChI is InChI=1S/C27H32N2O4/c1-2-14-29-15-13-26(21-6-4-8-24(31)17-21)18-22(11-12-27(26,33)19-29)28-25(32)10-9-20-5-3-7-23(30)16-20/h2-10,16-17,22,30-31,33H,1,11-15,18-19H2,(H,28,32). The molecule has 2 fully saturated rings. The van der Waals surface area contributed by atoms with Gasteiger partial charge < -0.3 is 20.6 Å². The van der Waals surface area contributed by atoms with E-state index in [1.807, 2.05) is 24.3 Å². The minimum Gasteiger partial charge on any atom is -0.508 e. The number of likely N-dealkylation sites (tertiary alicyclic amines) is 1. The third kappa shape index (κ3) is 4.82. The van der Waals surface area contributed by atoms with Gasteiger partial charge in [0.15, 0.2) is 0 Å². The van der Waals surface area contributed by atoms with E-state index in [9.17, 15) is 20.1 Å². The molecule has 2 aromatic rings. The predicted molar refractivity (Wildman–Crippen MR) is 129 cm³/mol. The van der Waals surface area contributed by atoms with E-state index in [4.69, 9.17) is 0 Å². The number of amides is 1. The predicted octanol–water partition coefficient (Wildman–Crippen LogP) is 3.34. The zero-order valence-corrected chi connectivity index (χ0v) is 18.8. The average molecular weight is 449 g/mol. The molecule has 1 saturated heterocycles. The Morgan fingerprint density at radius 3 is 2.64 bits per heavy atom. The van der Waals surface area contributed by atoms with Crippen molar-refractivity contribution >= 4 is 12.0 Å². The number of phenols is 2. The lowest BCUT2D eigenvalue weighted by Crippen LogP contribution is -2.67. The van der Waals surface area contributed by atoms with Crippen molar-refractivity contribution in [1.82, 2.24) is 10.2 Å². The Labute approximate surface area is 194 Å². The zero-order valence-electron chi connectivity index (χ0n) is 18.8. The molecule has 174 valence electrons. The summed E-state index contributed by atoms with van der Waals surface area (Å²) in [6, 6.07) is 13.8. The molecule has 4 N–H and O–H groups in total. The number of hydrogen-bond donors (Lipinski definition) is 4. The largest absolute Gasteiger partial charge is 0.508 e. The molecule has 0 radical (unpaired) electrons. The molecule has 6 heteroatoms. The molecule has 3 unspecified atom stereocenters. The molecule has 1 saturated carbocycles. The van der Waals surface area contributed by atoms with Crippen molar-refractivity contribution in [3.8, 4) is 11.5 Å². The van der Waals surface area contributed by atoms with Crippen LogP contribution < -0.4 is 5.32 Å². The number of benzene rings is 2. The number of aliphatic hydroxyl groups is 1. The fourth-order valence-corrected chi connectivity index (χ4v) is 5.57. The van der Waals surface area contributed by atoms with Crippen molar-refractivity contribution in [2.45, 2.75) is 42.7 Å². The second-order valence-electron chi connectivity index (χ2n) is 9.31. The normalized spacial score (nSPS) is 27.7. The van der Waals surface area contributed by atoms with Crippen molar-refractivity contribution < 1.29 is 20.1 Å². The summed E-state index contributed by atoms with van der Waals surface area (Å²) in [5, 5.41) is 34.8. The molecule has 6 nitrogen and oxygen atoms in total. The van der Waals surface area contributed by atoms with Crippen LogP contribution in [0, 0.1) is 0 Å². The topological polar surface area (TPSA) is 93.0 Å². The number of rotatable bonds is 6. The van der Waals surface area contributed by atoms with Crippen LogP contribution in [0.3, 0.4) is 0 Å². The number of piperidine rings is 1. The molecule has 4 rings (SSSR count). The monoisotopic (exact) mass is 448 g/mol. The highest BCUT2D eigenvalue weighted by Crippen LogP contribution is 2.52. The molecule has 0 aromatic heterocycles. The van der Waals surface area contributed by atoms with Gasteiger partial charge in [0.1, 0.15) is 11.5 Å². The SMILES string of the molecule is C=CCN1CCC2(c3cccc(O)c3)CC(NC(=O)C=Cc3cccc(O)c3)CCC2(O)C1. The quantitative estimate of drug-likeness (QED) is 0.402. The Kier molecular flexibility index (Phi) is 6.58. The highest BCUT2D eigenvalue weighted by molar-refractivity contribution is 5.92. The first-order valence-corrected chi connectivity index (χ1v) is 11.5. The summed E-state index contributed by atoms with van der Waals surface area (Å²) < 4.78 is 0. The molecule has 1 heterocycles. The van der Waals surface area contributed by atoms with Gasteiger partial charge in [0, 0.05) is 30.6 Å². The van der Waals surface area contributed by atoms with Crippen LogP contribution in [-0.2, 0) is 10.2 Å². The molecule has 0 spiro atoms. The number of aromatic hydroxyl groups is 2. The fraction of sp³-hybridized carbons (Fsp3) is 0.370. The lowest BCUT2D eigenvalue weighted by atomic mass is 9.55. The lowest BCUT2D eigenvalue weighted by molar-refractivity contribution is -0.130. The molecule has 1 aliphatic heterocycles. The molecule has 2 aliphatic rings. The Bertz CT molecular complexity index is 1050. The summed E-state index contributed by atoms with van der Waals surface area (Å²) >= 11 is 0. The van der Waals surface area contributed by atoms with Gasteiger partial charge in [-0.2, -0.15) is 0 Å². The van der Waals surface area contributed by atoms with E-state index in [0.717, 1.165) is 30.6 Å². The molecule has 1 amide bonds. The minimum absolute atomic E-state index is 0.0973. The van der Waals surface area contributed by atoms with Crippen LogP contribution in [0.4, 0.5) is 0 Å². The number of β-amino-alcohol motifs (C(OH)–C–C–N with tert-alkyl or cyclic N) is 1. The van der Waals surface area contributed by atoms with Crippen LogP contribution in [0.5, 0.6) is 11.5 Å². The fourth-order valence-electron chi connectivity index (χ4n) is 5.57. The Morgan fingerprint density at radius 1 is 1.15 bits per heavy atom. The maximum Gasteiger partial charge on any atom is 0.244 e. The van der Waals surface area contributed by atoms with Gasteiger partial charge in [-0.05, 0) is 73.7 Å². The van der Waals surface area contributed by atoms with Crippen LogP contribution in [0.1, 0.15) is 36.8 Å². The number of hydrogen-bond acceptors (Lipinski definition) is 5. The number of nitrogens with one attached hydrogen (secondary N) is 1. The van der Waals surface area contributed by atoms with Crippen LogP contribution in [0.2, 0.25) is 0 Å². The van der Waals surface area contributed by atoms with E-state index in [-0.39, 0.29) is 23.4 Å². The first-order chi connectivity index (χ1) is 15.8. The average Bonchev–Trinajstić information content (AvgIpc) is 2.78. The lowest BCUT2D eigenvalue weighted by Gasteiger charge is -2.58. The van der Waals surface area contributed by atoms with E-state index in [2.05, 4.69) is 16.8 Å². The van der Waals surface area contributed by atoms with E-state index < -0.39 is 11.0 Å². The summed E-state index contributed by atoms with van der Waals surface area (Å²) in [5.74, 6) is 0.127. The van der Waals surface area contributed by atoms with Crippen LogP contribution in [0.25, 0.3) is 6.08 Å². The van der Waals surface area contributed by atoms with Gasteiger partial charge in [-0.15, -0.1) is 6.58 Å². The first kappa shape index (κ1) is 23.1. The van der Waals surface area contributed by atoms with Gasteiger partial charge in [-0.3, -0.25) is 9.69 Å². The number of phenolic OH excluding ortho intramolecular Hbond substituents is 2. The number of nitrogens with zero attached hydrogens (tertiary/aromatic N) is 1. The van der Waals surface area contributed by atoms with Crippen molar-refractivity contribution in [2.75, 3.05) is 19.6 Å². The smallest absolute Gasteiger partial charge is 0.244 e. The third-order valence-electron chi connectivity index (χ3n) is 7.16. The van der Waals surface area contributed by atoms with Crippen LogP contribution in [0.15, 0.2) is 67.3 Å². The summed E-state index contributed by atoms with van der Waals surface area (Å²) in [6.45, 7) is 5.90. The van der Waals surface area contributed by atoms with Gasteiger partial charge in [0.25, 0.3) is 0 Å². The van der Waals surface area contributed by atoms with Crippen molar-refractivity contribution in [3.05, 3.63) is 78.4 Å². The Hall–Kier alpha value is -3.09. The van der Waals surface area contributed by atoms with E-state index in [0.29, 0.717) is 25.8 Å². The summed E-state index contributed by atoms with van der Waals surface area (Å²) in [5.41, 5.74) is 0.140. The number of fused-ring (bicyclic) bond motifs is 1. The van der Waals surface area contributed by atoms with Gasteiger partial charge in [0.2, 0.25) is 5.91 Å². The van der Waals surface area contributed by atoms with Crippen LogP contribution >= 0.6 is 0 Å². The molecule has 1 aliphatic carbocycles. The highest BCUT2D eigenvalue weighted by atomic mass is 16.3. The van der Waals surface area contributed by atoms with Gasteiger partial charge >= 0.3 is 0 Å². The summed E-state index contributed by atoms with van der Waals surface area (Å²) in [7, 11) is 0. The number of carbonyl (C=O) groups excluding carboxylic acids is 1. The van der Waals surface area contributed by atoms with Crippen LogP contribution in [-0.4, -0.2) is 57.4 Å². The van der Waals surface area contributed by atoms with Gasteiger partial charge in [0.05, 0.1) is 5.60 Å². The summed E-state index contributed by atoms with van der Waals surface area (Å²) in [6.07, 6.45) is 7.56. The van der Waals surface area contributed by atoms with Crippen molar-refractivity contribution in [1.29, 1.82) is 0 Å². The van der Waals surface area contributed by atoms with Gasteiger partial charge in [-0.25, -0.2) is 0 Å². The molecular weight excluding hydrogens is 416 g/mol. The first-order valence-electron chi connectivity index (χ1n) is 11.5. The number of carbonyl (C=O) groups is 1. The Morgan fingerprint density at radius 2 is 1.91 bits per heavy atom. The molecule has 3 atom stereocenters. The highest BCUT2D eigenvalue weighted by Gasteiger charge is 2.57. The van der Waals surface area contributed by atoms with E-state index >= 15 is 0 Å².